The van der Waals surface area contributed by atoms with E-state index < -0.39 is 0 Å². The predicted molar refractivity (Wildman–Crippen MR) is 107 cm³/mol. The second kappa shape index (κ2) is 5.81. The first-order chi connectivity index (χ1) is 13.2. The number of hydrogen-bond donors (Lipinski definition) is 0. The van der Waals surface area contributed by atoms with E-state index in [0.29, 0.717) is 5.41 Å². The zero-order valence-corrected chi connectivity index (χ0v) is 16.5. The molecule has 4 nitrogen and oxygen atoms in total. The number of nitrogens with zero attached hydrogens (tertiary/aromatic N) is 3. The summed E-state index contributed by atoms with van der Waals surface area (Å²) in [5, 5.41) is 5.96. The van der Waals surface area contributed by atoms with E-state index in [1.807, 2.05) is 16.6 Å². The molecule has 0 aliphatic heterocycles. The second-order valence-electron chi connectivity index (χ2n) is 9.07. The van der Waals surface area contributed by atoms with Gasteiger partial charge in [-0.3, -0.25) is 0 Å². The molecule has 4 aliphatic rings. The molecule has 0 N–H and O–H groups in total. The fourth-order valence-electron chi connectivity index (χ4n) is 6.41. The average Bonchev–Trinajstić information content (AvgIpc) is 3.20. The molecule has 4 saturated carbocycles. The van der Waals surface area contributed by atoms with Crippen molar-refractivity contribution < 1.29 is 4.74 Å². The second-order valence-corrected chi connectivity index (χ2v) is 10.1. The Balaban J connectivity index is 1.27. The lowest BCUT2D eigenvalue weighted by molar-refractivity contribution is -0.00698. The minimum Gasteiger partial charge on any atom is -0.497 e. The van der Waals surface area contributed by atoms with E-state index in [2.05, 4.69) is 18.3 Å². The summed E-state index contributed by atoms with van der Waals surface area (Å²) < 4.78 is 7.28. The number of benzene rings is 1. The van der Waals surface area contributed by atoms with E-state index in [1.165, 1.54) is 49.8 Å². The van der Waals surface area contributed by atoms with Crippen LogP contribution in [0.5, 0.6) is 5.75 Å². The van der Waals surface area contributed by atoms with Crippen LogP contribution < -0.4 is 4.74 Å². The summed E-state index contributed by atoms with van der Waals surface area (Å²) in [4.78, 5) is 6.15. The number of rotatable bonds is 4. The first-order valence-electron chi connectivity index (χ1n) is 10.2. The molecule has 0 unspecified atom stereocenters. The van der Waals surface area contributed by atoms with Gasteiger partial charge >= 0.3 is 0 Å². The molecule has 0 radical (unpaired) electrons. The van der Waals surface area contributed by atoms with Crippen LogP contribution in [0, 0.1) is 17.8 Å². The first kappa shape index (κ1) is 16.1. The van der Waals surface area contributed by atoms with Crippen LogP contribution in [0.3, 0.4) is 0 Å². The van der Waals surface area contributed by atoms with E-state index in [1.54, 1.807) is 18.4 Å². The number of hydrogen-bond acceptors (Lipinski definition) is 4. The van der Waals surface area contributed by atoms with Crippen LogP contribution in [0.4, 0.5) is 0 Å². The van der Waals surface area contributed by atoms with Gasteiger partial charge in [-0.05, 0) is 74.0 Å². The first-order valence-corrected chi connectivity index (χ1v) is 11.0. The number of fused-ring (bicyclic) bond motifs is 1. The van der Waals surface area contributed by atoms with Gasteiger partial charge in [0.1, 0.15) is 10.8 Å². The molecule has 4 fully saturated rings. The highest BCUT2D eigenvalue weighted by Crippen LogP contribution is 2.60. The van der Waals surface area contributed by atoms with Gasteiger partial charge in [0.15, 0.2) is 0 Å². The van der Waals surface area contributed by atoms with Crippen molar-refractivity contribution in [2.45, 2.75) is 50.4 Å². The van der Waals surface area contributed by atoms with E-state index in [-0.39, 0.29) is 0 Å². The zero-order valence-electron chi connectivity index (χ0n) is 15.7. The standard InChI is InChI=1S/C22H25N3OS/c1-26-18-4-2-14(3-5-18)9-20-24-25-13-19(23-21(25)27-20)22-10-15-6-16(11-22)8-17(7-15)12-22/h2-5,13,15-17H,6-12H2,1H3. The van der Waals surface area contributed by atoms with Crippen LogP contribution in [0.2, 0.25) is 0 Å². The van der Waals surface area contributed by atoms with Gasteiger partial charge in [-0.1, -0.05) is 23.5 Å². The maximum Gasteiger partial charge on any atom is 0.212 e. The van der Waals surface area contributed by atoms with Gasteiger partial charge in [-0.25, -0.2) is 9.50 Å². The van der Waals surface area contributed by atoms with Crippen molar-refractivity contribution in [1.82, 2.24) is 14.6 Å². The molecule has 7 rings (SSSR count). The SMILES string of the molecule is COc1ccc(Cc2nn3cc(C45CC6CC(CC(C6)C4)C5)nc3s2)cc1. The maximum absolute atomic E-state index is 5.24. The lowest BCUT2D eigenvalue weighted by Gasteiger charge is -2.56. The van der Waals surface area contributed by atoms with Crippen LogP contribution >= 0.6 is 11.3 Å². The molecule has 5 heteroatoms. The molecule has 0 atom stereocenters. The number of imidazole rings is 1. The Morgan fingerprint density at radius 3 is 2.33 bits per heavy atom. The van der Waals surface area contributed by atoms with Crippen molar-refractivity contribution in [3.8, 4) is 5.75 Å². The smallest absolute Gasteiger partial charge is 0.212 e. The minimum absolute atomic E-state index is 0.359. The summed E-state index contributed by atoms with van der Waals surface area (Å²) in [6.45, 7) is 0. The molecule has 27 heavy (non-hydrogen) atoms. The van der Waals surface area contributed by atoms with Crippen molar-refractivity contribution in [1.29, 1.82) is 0 Å². The highest BCUT2D eigenvalue weighted by molar-refractivity contribution is 7.16. The topological polar surface area (TPSA) is 39.4 Å². The van der Waals surface area contributed by atoms with Gasteiger partial charge in [-0.2, -0.15) is 5.10 Å². The fraction of sp³-hybridized carbons (Fsp3) is 0.545. The van der Waals surface area contributed by atoms with Gasteiger partial charge in [0, 0.05) is 11.8 Å². The quantitative estimate of drug-likeness (QED) is 0.650. The van der Waals surface area contributed by atoms with Gasteiger partial charge < -0.3 is 4.74 Å². The van der Waals surface area contributed by atoms with Gasteiger partial charge in [0.25, 0.3) is 0 Å². The third-order valence-electron chi connectivity index (χ3n) is 7.18. The normalized spacial score (nSPS) is 31.7. The van der Waals surface area contributed by atoms with Gasteiger partial charge in [0.2, 0.25) is 4.96 Å². The monoisotopic (exact) mass is 379 g/mol. The summed E-state index contributed by atoms with van der Waals surface area (Å²) in [5.74, 6) is 3.76. The molecular formula is C22H25N3OS. The Morgan fingerprint density at radius 1 is 1.07 bits per heavy atom. The summed E-state index contributed by atoms with van der Waals surface area (Å²) in [5.41, 5.74) is 2.95. The largest absolute Gasteiger partial charge is 0.497 e. The van der Waals surface area contributed by atoms with E-state index >= 15 is 0 Å². The number of ether oxygens (including phenoxy) is 1. The Hall–Kier alpha value is -1.88. The minimum atomic E-state index is 0.359. The summed E-state index contributed by atoms with van der Waals surface area (Å²) in [6.07, 6.45) is 11.6. The Morgan fingerprint density at radius 2 is 1.74 bits per heavy atom. The highest BCUT2D eigenvalue weighted by Gasteiger charge is 2.52. The molecule has 0 amide bonds. The molecule has 1 aromatic carbocycles. The van der Waals surface area contributed by atoms with Crippen LogP contribution in [-0.4, -0.2) is 21.7 Å². The lowest BCUT2D eigenvalue weighted by atomic mass is 9.49. The molecule has 4 bridgehead atoms. The molecule has 0 saturated heterocycles. The predicted octanol–water partition coefficient (Wildman–Crippen LogP) is 4.86. The maximum atomic E-state index is 5.24. The molecule has 2 aromatic heterocycles. The van der Waals surface area contributed by atoms with Crippen LogP contribution in [0.15, 0.2) is 30.5 Å². The molecule has 3 aromatic rings. The van der Waals surface area contributed by atoms with Crippen molar-refractivity contribution >= 4 is 16.3 Å². The van der Waals surface area contributed by atoms with Crippen molar-refractivity contribution in [3.05, 3.63) is 46.7 Å². The summed E-state index contributed by atoms with van der Waals surface area (Å²) >= 11 is 1.74. The Bertz CT molecular complexity index is 920. The lowest BCUT2D eigenvalue weighted by Crippen LogP contribution is -2.48. The molecule has 4 aliphatic carbocycles. The molecular weight excluding hydrogens is 354 g/mol. The highest BCUT2D eigenvalue weighted by atomic mass is 32.1. The van der Waals surface area contributed by atoms with Crippen molar-refractivity contribution in [3.63, 3.8) is 0 Å². The molecule has 2 heterocycles. The van der Waals surface area contributed by atoms with Crippen molar-refractivity contribution in [2.75, 3.05) is 7.11 Å². The van der Waals surface area contributed by atoms with Crippen LogP contribution in [0.1, 0.15) is 54.8 Å². The summed E-state index contributed by atoms with van der Waals surface area (Å²) in [7, 11) is 1.70. The molecule has 0 spiro atoms. The summed E-state index contributed by atoms with van der Waals surface area (Å²) in [6, 6.07) is 8.26. The van der Waals surface area contributed by atoms with Gasteiger partial charge in [0.05, 0.1) is 19.0 Å². The fourth-order valence-corrected chi connectivity index (χ4v) is 7.32. The van der Waals surface area contributed by atoms with Crippen LogP contribution in [0.25, 0.3) is 4.96 Å². The third-order valence-corrected chi connectivity index (χ3v) is 8.10. The van der Waals surface area contributed by atoms with Crippen LogP contribution in [-0.2, 0) is 11.8 Å². The van der Waals surface area contributed by atoms with Crippen molar-refractivity contribution in [2.24, 2.45) is 17.8 Å². The zero-order chi connectivity index (χ0) is 18.0. The number of methoxy groups -OCH3 is 1. The molecule has 140 valence electrons. The van der Waals surface area contributed by atoms with E-state index in [9.17, 15) is 0 Å². The van der Waals surface area contributed by atoms with Gasteiger partial charge in [-0.15, -0.1) is 0 Å². The Labute approximate surface area is 163 Å². The Kier molecular flexibility index (Phi) is 3.46. The number of aromatic nitrogens is 3. The third kappa shape index (κ3) is 2.62. The van der Waals surface area contributed by atoms with E-state index in [4.69, 9.17) is 14.8 Å². The average molecular weight is 380 g/mol. The van der Waals surface area contributed by atoms with E-state index in [0.717, 1.165) is 39.9 Å².